The Morgan fingerprint density at radius 1 is 1.04 bits per heavy atom. The van der Waals surface area contributed by atoms with E-state index in [0.29, 0.717) is 29.3 Å². The number of nitriles is 1. The van der Waals surface area contributed by atoms with Crippen molar-refractivity contribution in [3.05, 3.63) is 75.8 Å². The quantitative estimate of drug-likeness (QED) is 0.561. The molecule has 0 fully saturated rings. The first-order chi connectivity index (χ1) is 12.9. The van der Waals surface area contributed by atoms with Crippen molar-refractivity contribution in [2.75, 3.05) is 0 Å². The Kier molecular flexibility index (Phi) is 5.59. The van der Waals surface area contributed by atoms with E-state index in [9.17, 15) is 13.2 Å². The lowest BCUT2D eigenvalue weighted by Crippen LogP contribution is -2.03. The number of aromatic nitrogens is 1. The highest BCUT2D eigenvalue weighted by atomic mass is 32.1. The van der Waals surface area contributed by atoms with Crippen LogP contribution in [0.25, 0.3) is 10.6 Å². The predicted molar refractivity (Wildman–Crippen MR) is 96.9 cm³/mol. The number of thiazole rings is 1. The smallest absolute Gasteiger partial charge is 0.371 e. The number of nitrogens with zero attached hydrogens (tertiary/aromatic N) is 2. The van der Waals surface area contributed by atoms with Crippen LogP contribution in [-0.4, -0.2) is 4.98 Å². The molecule has 0 spiro atoms. The van der Waals surface area contributed by atoms with Crippen molar-refractivity contribution in [3.63, 3.8) is 0 Å². The van der Waals surface area contributed by atoms with E-state index in [0.717, 1.165) is 28.3 Å². The number of hydrogen-bond donors (Lipinski definition) is 0. The van der Waals surface area contributed by atoms with Crippen LogP contribution in [0.3, 0.4) is 0 Å². The third kappa shape index (κ3) is 4.73. The molecule has 0 N–H and O–H groups in total. The number of alkyl halides is 3. The molecular formula is C20H15F3N2OS. The second-order valence-electron chi connectivity index (χ2n) is 5.90. The largest absolute Gasteiger partial charge is 0.416 e. The molecule has 0 aliphatic carbocycles. The van der Waals surface area contributed by atoms with Gasteiger partial charge in [-0.25, -0.2) is 4.98 Å². The molecule has 0 aliphatic rings. The van der Waals surface area contributed by atoms with Gasteiger partial charge in [-0.1, -0.05) is 24.3 Å². The summed E-state index contributed by atoms with van der Waals surface area (Å²) in [6.07, 6.45) is -4.35. The number of halogens is 3. The van der Waals surface area contributed by atoms with Crippen LogP contribution in [0.2, 0.25) is 0 Å². The summed E-state index contributed by atoms with van der Waals surface area (Å²) in [4.78, 5) is 5.37. The molecule has 3 rings (SSSR count). The van der Waals surface area contributed by atoms with E-state index >= 15 is 0 Å². The Balaban J connectivity index is 1.64. The van der Waals surface area contributed by atoms with Crippen LogP contribution in [-0.2, 0) is 24.1 Å². The van der Waals surface area contributed by atoms with Gasteiger partial charge in [-0.15, -0.1) is 11.3 Å². The molecule has 0 unspecified atom stereocenters. The first-order valence-corrected chi connectivity index (χ1v) is 8.89. The molecule has 138 valence electrons. The second kappa shape index (κ2) is 7.91. The molecule has 0 aliphatic heterocycles. The molecule has 2 aromatic carbocycles. The lowest BCUT2D eigenvalue weighted by molar-refractivity contribution is -0.137. The van der Waals surface area contributed by atoms with Crippen LogP contribution >= 0.6 is 11.3 Å². The first kappa shape index (κ1) is 19.1. The molecule has 1 heterocycles. The van der Waals surface area contributed by atoms with Crippen molar-refractivity contribution in [2.24, 2.45) is 0 Å². The minimum atomic E-state index is -4.35. The SMILES string of the molecule is Cc1nc(-c2ccc(C(F)(F)F)cc2)sc1COCc1ccc(C#N)cc1. The highest BCUT2D eigenvalue weighted by Crippen LogP contribution is 2.33. The van der Waals surface area contributed by atoms with Crippen molar-refractivity contribution >= 4 is 11.3 Å². The van der Waals surface area contributed by atoms with Gasteiger partial charge in [0.25, 0.3) is 0 Å². The van der Waals surface area contributed by atoms with Crippen LogP contribution in [0.5, 0.6) is 0 Å². The summed E-state index contributed by atoms with van der Waals surface area (Å²) in [6.45, 7) is 2.62. The van der Waals surface area contributed by atoms with Crippen molar-refractivity contribution in [1.82, 2.24) is 4.98 Å². The Bertz CT molecular complexity index is 955. The van der Waals surface area contributed by atoms with E-state index in [2.05, 4.69) is 11.1 Å². The summed E-state index contributed by atoms with van der Waals surface area (Å²) in [6, 6.07) is 14.2. The van der Waals surface area contributed by atoms with Gasteiger partial charge in [0, 0.05) is 5.56 Å². The van der Waals surface area contributed by atoms with Gasteiger partial charge in [0.05, 0.1) is 41.0 Å². The van der Waals surface area contributed by atoms with E-state index in [-0.39, 0.29) is 0 Å². The Morgan fingerprint density at radius 3 is 2.30 bits per heavy atom. The van der Waals surface area contributed by atoms with Crippen molar-refractivity contribution in [2.45, 2.75) is 26.3 Å². The molecule has 0 atom stereocenters. The maximum absolute atomic E-state index is 12.7. The van der Waals surface area contributed by atoms with Gasteiger partial charge in [0.15, 0.2) is 0 Å². The maximum atomic E-state index is 12.7. The number of hydrogen-bond acceptors (Lipinski definition) is 4. The number of aryl methyl sites for hydroxylation is 1. The number of benzene rings is 2. The topological polar surface area (TPSA) is 45.9 Å². The Labute approximate surface area is 158 Å². The molecule has 0 saturated carbocycles. The average molecular weight is 388 g/mol. The van der Waals surface area contributed by atoms with E-state index in [4.69, 9.17) is 10.00 Å². The zero-order valence-electron chi connectivity index (χ0n) is 14.4. The molecule has 0 amide bonds. The molecule has 3 nitrogen and oxygen atoms in total. The zero-order valence-corrected chi connectivity index (χ0v) is 15.2. The summed E-state index contributed by atoms with van der Waals surface area (Å²) < 4.78 is 43.7. The van der Waals surface area contributed by atoms with Crippen LogP contribution in [0.4, 0.5) is 13.2 Å². The molecule has 7 heteroatoms. The van der Waals surface area contributed by atoms with E-state index in [1.54, 1.807) is 12.1 Å². The van der Waals surface area contributed by atoms with E-state index < -0.39 is 11.7 Å². The third-order valence-electron chi connectivity index (χ3n) is 3.94. The summed E-state index contributed by atoms with van der Waals surface area (Å²) in [7, 11) is 0. The lowest BCUT2D eigenvalue weighted by Gasteiger charge is -2.06. The van der Waals surface area contributed by atoms with Crippen molar-refractivity contribution in [1.29, 1.82) is 5.26 Å². The van der Waals surface area contributed by atoms with Gasteiger partial charge in [0.2, 0.25) is 0 Å². The molecule has 0 bridgehead atoms. The fraction of sp³-hybridized carbons (Fsp3) is 0.200. The highest BCUT2D eigenvalue weighted by molar-refractivity contribution is 7.15. The zero-order chi connectivity index (χ0) is 19.4. The second-order valence-corrected chi connectivity index (χ2v) is 6.99. The van der Waals surface area contributed by atoms with Gasteiger partial charge in [-0.05, 0) is 36.8 Å². The number of ether oxygens (including phenoxy) is 1. The maximum Gasteiger partial charge on any atom is 0.416 e. The molecule has 3 aromatic rings. The van der Waals surface area contributed by atoms with Crippen LogP contribution in [0.1, 0.15) is 27.3 Å². The van der Waals surface area contributed by atoms with Crippen LogP contribution in [0, 0.1) is 18.3 Å². The minimum Gasteiger partial charge on any atom is -0.371 e. The van der Waals surface area contributed by atoms with Gasteiger partial charge < -0.3 is 4.74 Å². The molecule has 1 aromatic heterocycles. The molecule has 0 saturated heterocycles. The molecule has 0 radical (unpaired) electrons. The van der Waals surface area contributed by atoms with Gasteiger partial charge >= 0.3 is 6.18 Å². The van der Waals surface area contributed by atoms with Gasteiger partial charge in [-0.3, -0.25) is 0 Å². The number of rotatable bonds is 5. The Hall–Kier alpha value is -2.69. The average Bonchev–Trinajstić information content (AvgIpc) is 3.02. The van der Waals surface area contributed by atoms with Crippen molar-refractivity contribution in [3.8, 4) is 16.6 Å². The summed E-state index contributed by atoms with van der Waals surface area (Å²) in [5.41, 5.74) is 2.33. The minimum absolute atomic E-state index is 0.365. The predicted octanol–water partition coefficient (Wildman–Crippen LogP) is 5.73. The van der Waals surface area contributed by atoms with Gasteiger partial charge in [0.1, 0.15) is 5.01 Å². The molecular weight excluding hydrogens is 373 g/mol. The summed E-state index contributed by atoms with van der Waals surface area (Å²) in [5, 5.41) is 9.46. The molecule has 27 heavy (non-hydrogen) atoms. The van der Waals surface area contributed by atoms with E-state index in [1.165, 1.54) is 23.5 Å². The standard InChI is InChI=1S/C20H15F3N2OS/c1-13-18(12-26-11-15-4-2-14(10-24)3-5-15)27-19(25-13)16-6-8-17(9-7-16)20(21,22)23/h2-9H,11-12H2,1H3. The van der Waals surface area contributed by atoms with Crippen LogP contribution < -0.4 is 0 Å². The summed E-state index contributed by atoms with van der Waals surface area (Å²) >= 11 is 1.41. The fourth-order valence-electron chi connectivity index (χ4n) is 2.42. The highest BCUT2D eigenvalue weighted by Gasteiger charge is 2.30. The summed E-state index contributed by atoms with van der Waals surface area (Å²) in [5.74, 6) is 0. The monoisotopic (exact) mass is 388 g/mol. The van der Waals surface area contributed by atoms with E-state index in [1.807, 2.05) is 19.1 Å². The normalized spacial score (nSPS) is 11.4. The Morgan fingerprint density at radius 2 is 1.70 bits per heavy atom. The third-order valence-corrected chi connectivity index (χ3v) is 5.12. The fourth-order valence-corrected chi connectivity index (χ4v) is 3.43. The van der Waals surface area contributed by atoms with Crippen molar-refractivity contribution < 1.29 is 17.9 Å². The first-order valence-electron chi connectivity index (χ1n) is 8.07. The van der Waals surface area contributed by atoms with Gasteiger partial charge in [-0.2, -0.15) is 18.4 Å². The lowest BCUT2D eigenvalue weighted by atomic mass is 10.1. The van der Waals surface area contributed by atoms with Crippen LogP contribution in [0.15, 0.2) is 48.5 Å².